The Morgan fingerprint density at radius 3 is 2.62 bits per heavy atom. The molecule has 0 fully saturated rings. The molecule has 16 heavy (non-hydrogen) atoms. The number of carbonyl (C=O) groups excluding carboxylic acids is 1. The molecule has 82 valence electrons. The van der Waals surface area contributed by atoms with E-state index in [0.29, 0.717) is 6.54 Å². The Morgan fingerprint density at radius 1 is 1.19 bits per heavy atom. The lowest BCUT2D eigenvalue weighted by atomic mass is 10.0. The van der Waals surface area contributed by atoms with E-state index in [0.717, 1.165) is 10.9 Å². The average molecular weight is 214 g/mol. The molecule has 0 radical (unpaired) electrons. The van der Waals surface area contributed by atoms with Crippen molar-refractivity contribution in [1.82, 2.24) is 4.90 Å². The fourth-order valence-electron chi connectivity index (χ4n) is 1.76. The number of primary amides is 1. The van der Waals surface area contributed by atoms with Gasteiger partial charge in [-0.05, 0) is 16.3 Å². The van der Waals surface area contributed by atoms with Gasteiger partial charge in [0.1, 0.15) is 0 Å². The van der Waals surface area contributed by atoms with Gasteiger partial charge in [0, 0.05) is 13.6 Å². The summed E-state index contributed by atoms with van der Waals surface area (Å²) in [6.45, 7) is 0.538. The smallest absolute Gasteiger partial charge is 0.314 e. The lowest BCUT2D eigenvalue weighted by Gasteiger charge is -2.15. The Labute approximate surface area is 94.5 Å². The standard InChI is InChI=1S/C13H14N2O/c1-15(13(14)16)9-11-7-4-6-10-5-2-3-8-12(10)11/h2-8H,9H2,1H3,(H2,14,16). The van der Waals surface area contributed by atoms with Gasteiger partial charge in [0.05, 0.1) is 0 Å². The zero-order valence-corrected chi connectivity index (χ0v) is 9.18. The Bertz CT molecular complexity index is 517. The third-order valence-corrected chi connectivity index (χ3v) is 2.66. The molecular weight excluding hydrogens is 200 g/mol. The molecule has 0 bridgehead atoms. The summed E-state index contributed by atoms with van der Waals surface area (Å²) in [5.74, 6) is 0. The number of nitrogens with zero attached hydrogens (tertiary/aromatic N) is 1. The van der Waals surface area contributed by atoms with E-state index in [1.165, 1.54) is 10.3 Å². The summed E-state index contributed by atoms with van der Waals surface area (Å²) < 4.78 is 0. The van der Waals surface area contributed by atoms with Crippen molar-refractivity contribution in [1.29, 1.82) is 0 Å². The number of fused-ring (bicyclic) bond motifs is 1. The van der Waals surface area contributed by atoms with E-state index < -0.39 is 6.03 Å². The Hall–Kier alpha value is -2.03. The minimum Gasteiger partial charge on any atom is -0.351 e. The second-order valence-corrected chi connectivity index (χ2v) is 3.83. The highest BCUT2D eigenvalue weighted by molar-refractivity contribution is 5.86. The number of rotatable bonds is 2. The Kier molecular flexibility index (Phi) is 2.77. The lowest BCUT2D eigenvalue weighted by Crippen LogP contribution is -2.31. The molecule has 3 heteroatoms. The van der Waals surface area contributed by atoms with E-state index >= 15 is 0 Å². The maximum atomic E-state index is 11.0. The normalized spacial score (nSPS) is 10.3. The van der Waals surface area contributed by atoms with Gasteiger partial charge in [-0.1, -0.05) is 42.5 Å². The molecule has 0 saturated heterocycles. The molecule has 0 saturated carbocycles. The predicted molar refractivity (Wildman–Crippen MR) is 65.0 cm³/mol. The van der Waals surface area contributed by atoms with E-state index in [1.807, 2.05) is 24.3 Å². The van der Waals surface area contributed by atoms with Gasteiger partial charge in [0.2, 0.25) is 0 Å². The summed E-state index contributed by atoms with van der Waals surface area (Å²) >= 11 is 0. The van der Waals surface area contributed by atoms with E-state index in [-0.39, 0.29) is 0 Å². The Morgan fingerprint density at radius 2 is 1.88 bits per heavy atom. The number of urea groups is 1. The van der Waals surface area contributed by atoms with Gasteiger partial charge in [-0.15, -0.1) is 0 Å². The van der Waals surface area contributed by atoms with Crippen molar-refractivity contribution in [3.8, 4) is 0 Å². The fourth-order valence-corrected chi connectivity index (χ4v) is 1.76. The van der Waals surface area contributed by atoms with Crippen LogP contribution in [-0.2, 0) is 6.54 Å². The van der Waals surface area contributed by atoms with Gasteiger partial charge >= 0.3 is 6.03 Å². The van der Waals surface area contributed by atoms with Crippen LogP contribution in [0.4, 0.5) is 4.79 Å². The van der Waals surface area contributed by atoms with Crippen molar-refractivity contribution in [2.45, 2.75) is 6.54 Å². The molecule has 2 rings (SSSR count). The first-order chi connectivity index (χ1) is 7.68. The number of carbonyl (C=O) groups is 1. The zero-order valence-electron chi connectivity index (χ0n) is 9.18. The summed E-state index contributed by atoms with van der Waals surface area (Å²) in [7, 11) is 1.70. The summed E-state index contributed by atoms with van der Waals surface area (Å²) in [5.41, 5.74) is 6.33. The minimum absolute atomic E-state index is 0.409. The molecule has 2 aromatic rings. The van der Waals surface area contributed by atoms with Gasteiger partial charge in [-0.2, -0.15) is 0 Å². The Balaban J connectivity index is 2.41. The quantitative estimate of drug-likeness (QED) is 0.819. The van der Waals surface area contributed by atoms with E-state index in [9.17, 15) is 4.79 Å². The molecule has 2 amide bonds. The molecule has 3 nitrogen and oxygen atoms in total. The number of hydrogen-bond donors (Lipinski definition) is 1. The van der Waals surface area contributed by atoms with Crippen LogP contribution in [0.1, 0.15) is 5.56 Å². The first kappa shape index (κ1) is 10.5. The molecule has 2 N–H and O–H groups in total. The van der Waals surface area contributed by atoms with Gasteiger partial charge in [0.25, 0.3) is 0 Å². The molecule has 0 atom stereocenters. The highest BCUT2D eigenvalue weighted by Gasteiger charge is 2.06. The van der Waals surface area contributed by atoms with Gasteiger partial charge in [-0.25, -0.2) is 4.79 Å². The second-order valence-electron chi connectivity index (χ2n) is 3.83. The third-order valence-electron chi connectivity index (χ3n) is 2.66. The van der Waals surface area contributed by atoms with Crippen LogP contribution in [0.2, 0.25) is 0 Å². The second kappa shape index (κ2) is 4.23. The van der Waals surface area contributed by atoms with Gasteiger partial charge in [0.15, 0.2) is 0 Å². The monoisotopic (exact) mass is 214 g/mol. The predicted octanol–water partition coefficient (Wildman–Crippen LogP) is 2.35. The van der Waals surface area contributed by atoms with Crippen molar-refractivity contribution in [3.05, 3.63) is 48.0 Å². The summed E-state index contributed by atoms with van der Waals surface area (Å²) in [6.07, 6.45) is 0. The highest BCUT2D eigenvalue weighted by atomic mass is 16.2. The molecule has 0 aliphatic heterocycles. The van der Waals surface area contributed by atoms with E-state index in [1.54, 1.807) is 7.05 Å². The van der Waals surface area contributed by atoms with Crippen LogP contribution in [0.3, 0.4) is 0 Å². The van der Waals surface area contributed by atoms with Crippen LogP contribution in [0.15, 0.2) is 42.5 Å². The van der Waals surface area contributed by atoms with Crippen LogP contribution in [0.5, 0.6) is 0 Å². The maximum absolute atomic E-state index is 11.0. The summed E-state index contributed by atoms with van der Waals surface area (Å²) in [5, 5.41) is 2.34. The van der Waals surface area contributed by atoms with Crippen LogP contribution < -0.4 is 5.73 Å². The molecule has 0 aromatic heterocycles. The summed E-state index contributed by atoms with van der Waals surface area (Å²) in [4.78, 5) is 12.5. The van der Waals surface area contributed by atoms with Crippen molar-refractivity contribution in [2.24, 2.45) is 5.73 Å². The molecule has 2 aromatic carbocycles. The number of nitrogens with two attached hydrogens (primary N) is 1. The van der Waals surface area contributed by atoms with Crippen LogP contribution >= 0.6 is 0 Å². The first-order valence-electron chi connectivity index (χ1n) is 5.15. The minimum atomic E-state index is -0.409. The van der Waals surface area contributed by atoms with Crippen molar-refractivity contribution < 1.29 is 4.79 Å². The lowest BCUT2D eigenvalue weighted by molar-refractivity contribution is 0.217. The third kappa shape index (κ3) is 1.98. The van der Waals surface area contributed by atoms with Gasteiger partial charge < -0.3 is 10.6 Å². The molecule has 0 heterocycles. The van der Waals surface area contributed by atoms with Crippen molar-refractivity contribution >= 4 is 16.8 Å². The fraction of sp³-hybridized carbons (Fsp3) is 0.154. The molecule has 0 aliphatic carbocycles. The molecular formula is C13H14N2O. The van der Waals surface area contributed by atoms with Crippen LogP contribution in [0.25, 0.3) is 10.8 Å². The maximum Gasteiger partial charge on any atom is 0.314 e. The molecule has 0 spiro atoms. The zero-order chi connectivity index (χ0) is 11.5. The molecule has 0 aliphatic rings. The van der Waals surface area contributed by atoms with Gasteiger partial charge in [-0.3, -0.25) is 0 Å². The largest absolute Gasteiger partial charge is 0.351 e. The molecule has 0 unspecified atom stereocenters. The SMILES string of the molecule is CN(Cc1cccc2ccccc12)C(N)=O. The van der Waals surface area contributed by atoms with Crippen molar-refractivity contribution in [3.63, 3.8) is 0 Å². The number of hydrogen-bond acceptors (Lipinski definition) is 1. The topological polar surface area (TPSA) is 46.3 Å². The van der Waals surface area contributed by atoms with Crippen LogP contribution in [-0.4, -0.2) is 18.0 Å². The first-order valence-corrected chi connectivity index (χ1v) is 5.15. The average Bonchev–Trinajstić information content (AvgIpc) is 2.29. The summed E-state index contributed by atoms with van der Waals surface area (Å²) in [6, 6.07) is 13.8. The van der Waals surface area contributed by atoms with Crippen molar-refractivity contribution in [2.75, 3.05) is 7.05 Å². The number of benzene rings is 2. The van der Waals surface area contributed by atoms with Crippen LogP contribution in [0, 0.1) is 0 Å². The number of amides is 2. The van der Waals surface area contributed by atoms with E-state index in [2.05, 4.69) is 18.2 Å². The highest BCUT2D eigenvalue weighted by Crippen LogP contribution is 2.19. The van der Waals surface area contributed by atoms with E-state index in [4.69, 9.17) is 5.73 Å².